The van der Waals surface area contributed by atoms with Crippen LogP contribution in [0.25, 0.3) is 17.2 Å². The van der Waals surface area contributed by atoms with Crippen molar-refractivity contribution < 1.29 is 0 Å². The van der Waals surface area contributed by atoms with E-state index in [1.165, 1.54) is 46.3 Å². The summed E-state index contributed by atoms with van der Waals surface area (Å²) in [5, 5.41) is 1.61. The van der Waals surface area contributed by atoms with Crippen molar-refractivity contribution in [3.8, 4) is 11.1 Å². The number of allylic oxidation sites excluding steroid dienone is 1. The average molecular weight is 323 g/mol. The molecule has 0 bridgehead atoms. The molecule has 3 rings (SSSR count). The molecule has 0 aromatic heterocycles. The van der Waals surface area contributed by atoms with Crippen molar-refractivity contribution in [1.29, 1.82) is 0 Å². The molecule has 1 heteroatoms. The van der Waals surface area contributed by atoms with E-state index < -0.39 is 7.26 Å². The van der Waals surface area contributed by atoms with Crippen molar-refractivity contribution >= 4 is 18.6 Å². The molecular formula is C22H28P+. The summed E-state index contributed by atoms with van der Waals surface area (Å²) in [6, 6.07) is 16.2. The van der Waals surface area contributed by atoms with E-state index in [2.05, 4.69) is 76.2 Å². The summed E-state index contributed by atoms with van der Waals surface area (Å²) in [5.41, 5.74) is 7.19. The standard InChI is InChI=1S/C22H28P/c1-5-23(6-2,7-3)20-12-8-10-19(16-20)21-13-9-11-18-14-17(4)15-22(18)21/h8-13,15-16H,5-7,14H2,1-4H3/q+1. The number of rotatable bonds is 5. The quantitative estimate of drug-likeness (QED) is 0.591. The maximum Gasteiger partial charge on any atom is 0.0945 e. The van der Waals surface area contributed by atoms with Gasteiger partial charge in [-0.05, 0) is 68.5 Å². The molecule has 0 radical (unpaired) electrons. The lowest BCUT2D eigenvalue weighted by atomic mass is 9.97. The monoisotopic (exact) mass is 323 g/mol. The first-order valence-corrected chi connectivity index (χ1v) is 11.2. The largest absolute Gasteiger partial charge is 0.0945 e. The molecule has 0 saturated carbocycles. The van der Waals surface area contributed by atoms with Gasteiger partial charge in [0, 0.05) is 7.26 Å². The lowest BCUT2D eigenvalue weighted by Gasteiger charge is -2.24. The van der Waals surface area contributed by atoms with E-state index in [4.69, 9.17) is 0 Å². The fraction of sp³-hybridized carbons (Fsp3) is 0.364. The zero-order valence-electron chi connectivity index (χ0n) is 14.9. The fourth-order valence-corrected chi connectivity index (χ4v) is 7.23. The van der Waals surface area contributed by atoms with Crippen LogP contribution in [0.15, 0.2) is 48.0 Å². The van der Waals surface area contributed by atoms with Gasteiger partial charge in [-0.25, -0.2) is 0 Å². The Balaban J connectivity index is 2.10. The van der Waals surface area contributed by atoms with Gasteiger partial charge in [-0.2, -0.15) is 0 Å². The molecule has 0 atom stereocenters. The molecule has 0 nitrogen and oxygen atoms in total. The highest BCUT2D eigenvalue weighted by Crippen LogP contribution is 2.56. The van der Waals surface area contributed by atoms with Crippen LogP contribution < -0.4 is 5.30 Å². The van der Waals surface area contributed by atoms with Crippen LogP contribution in [0.5, 0.6) is 0 Å². The Bertz CT molecular complexity index is 727. The minimum Gasteiger partial charge on any atom is -0.0683 e. The van der Waals surface area contributed by atoms with E-state index in [0.717, 1.165) is 6.42 Å². The highest BCUT2D eigenvalue weighted by Gasteiger charge is 2.34. The molecule has 0 saturated heterocycles. The summed E-state index contributed by atoms with van der Waals surface area (Å²) < 4.78 is 0. The maximum absolute atomic E-state index is 2.49. The second-order valence-electron chi connectivity index (χ2n) is 6.69. The molecule has 0 fully saturated rings. The van der Waals surface area contributed by atoms with Crippen LogP contribution in [-0.2, 0) is 6.42 Å². The van der Waals surface area contributed by atoms with E-state index in [-0.39, 0.29) is 0 Å². The van der Waals surface area contributed by atoms with Crippen molar-refractivity contribution in [2.45, 2.75) is 34.1 Å². The van der Waals surface area contributed by atoms with Gasteiger partial charge in [0.25, 0.3) is 0 Å². The summed E-state index contributed by atoms with van der Waals surface area (Å²) in [4.78, 5) is 0. The molecule has 0 N–H and O–H groups in total. The zero-order chi connectivity index (χ0) is 16.4. The van der Waals surface area contributed by atoms with Crippen LogP contribution in [-0.4, -0.2) is 18.5 Å². The third-order valence-electron chi connectivity index (χ3n) is 5.58. The number of benzene rings is 2. The SMILES string of the molecule is CC[P+](CC)(CC)c1cccc(-c2cccc3c2C=C(C)C3)c1. The molecule has 0 amide bonds. The first kappa shape index (κ1) is 16.5. The summed E-state index contributed by atoms with van der Waals surface area (Å²) in [7, 11) is -0.986. The summed E-state index contributed by atoms with van der Waals surface area (Å²) in [6.07, 6.45) is 7.43. The maximum atomic E-state index is 2.49. The van der Waals surface area contributed by atoms with Crippen LogP contribution in [0.4, 0.5) is 0 Å². The first-order chi connectivity index (χ1) is 11.1. The van der Waals surface area contributed by atoms with Gasteiger partial charge in [0.05, 0.1) is 23.8 Å². The van der Waals surface area contributed by atoms with Gasteiger partial charge in [0.15, 0.2) is 0 Å². The van der Waals surface area contributed by atoms with Crippen molar-refractivity contribution in [1.82, 2.24) is 0 Å². The highest BCUT2D eigenvalue weighted by molar-refractivity contribution is 7.82. The van der Waals surface area contributed by atoms with Crippen molar-refractivity contribution in [3.63, 3.8) is 0 Å². The van der Waals surface area contributed by atoms with Crippen LogP contribution in [0.1, 0.15) is 38.8 Å². The lowest BCUT2D eigenvalue weighted by Crippen LogP contribution is -2.17. The molecule has 2 aromatic carbocycles. The Morgan fingerprint density at radius 2 is 1.61 bits per heavy atom. The smallest absolute Gasteiger partial charge is 0.0683 e. The van der Waals surface area contributed by atoms with Gasteiger partial charge in [-0.3, -0.25) is 0 Å². The van der Waals surface area contributed by atoms with Gasteiger partial charge in [0.1, 0.15) is 0 Å². The predicted molar refractivity (Wildman–Crippen MR) is 107 cm³/mol. The Kier molecular flexibility index (Phi) is 4.74. The minimum atomic E-state index is -0.986. The van der Waals surface area contributed by atoms with Crippen molar-refractivity contribution in [3.05, 3.63) is 59.2 Å². The molecule has 0 unspecified atom stereocenters. The summed E-state index contributed by atoms with van der Waals surface area (Å²) >= 11 is 0. The average Bonchev–Trinajstić information content (AvgIpc) is 2.97. The van der Waals surface area contributed by atoms with Gasteiger partial charge in [-0.15, -0.1) is 0 Å². The molecule has 23 heavy (non-hydrogen) atoms. The van der Waals surface area contributed by atoms with E-state index >= 15 is 0 Å². The van der Waals surface area contributed by atoms with Gasteiger partial charge in [0.2, 0.25) is 0 Å². The van der Waals surface area contributed by atoms with Gasteiger partial charge < -0.3 is 0 Å². The van der Waals surface area contributed by atoms with Gasteiger partial charge >= 0.3 is 0 Å². The molecular weight excluding hydrogens is 295 g/mol. The van der Waals surface area contributed by atoms with E-state index in [9.17, 15) is 0 Å². The fourth-order valence-electron chi connectivity index (χ4n) is 3.97. The highest BCUT2D eigenvalue weighted by atomic mass is 31.2. The van der Waals surface area contributed by atoms with E-state index in [1.54, 1.807) is 5.30 Å². The summed E-state index contributed by atoms with van der Waals surface area (Å²) in [6.45, 7) is 9.36. The third kappa shape index (κ3) is 2.90. The van der Waals surface area contributed by atoms with E-state index in [0.29, 0.717) is 0 Å². The van der Waals surface area contributed by atoms with E-state index in [1.807, 2.05) is 0 Å². The van der Waals surface area contributed by atoms with Crippen LogP contribution >= 0.6 is 7.26 Å². The predicted octanol–water partition coefficient (Wildman–Crippen LogP) is 6.02. The van der Waals surface area contributed by atoms with Crippen LogP contribution in [0.2, 0.25) is 0 Å². The molecule has 1 aliphatic rings. The molecule has 0 heterocycles. The van der Waals surface area contributed by atoms with Crippen LogP contribution in [0.3, 0.4) is 0 Å². The first-order valence-electron chi connectivity index (χ1n) is 8.89. The van der Waals surface area contributed by atoms with Gasteiger partial charge in [-0.1, -0.05) is 42.0 Å². The molecule has 2 aromatic rings. The molecule has 0 spiro atoms. The number of hydrogen-bond donors (Lipinski definition) is 0. The zero-order valence-corrected chi connectivity index (χ0v) is 15.8. The lowest BCUT2D eigenvalue weighted by molar-refractivity contribution is 1.20. The Morgan fingerprint density at radius 1 is 0.913 bits per heavy atom. The topological polar surface area (TPSA) is 0 Å². The number of fused-ring (bicyclic) bond motifs is 1. The molecule has 1 aliphatic carbocycles. The third-order valence-corrected chi connectivity index (χ3v) is 10.6. The molecule has 120 valence electrons. The number of hydrogen-bond acceptors (Lipinski definition) is 0. The normalized spacial score (nSPS) is 13.8. The minimum absolute atomic E-state index is 0.986. The van der Waals surface area contributed by atoms with Crippen molar-refractivity contribution in [2.75, 3.05) is 18.5 Å². The second kappa shape index (κ2) is 6.62. The van der Waals surface area contributed by atoms with Crippen molar-refractivity contribution in [2.24, 2.45) is 0 Å². The Morgan fingerprint density at radius 3 is 2.30 bits per heavy atom. The van der Waals surface area contributed by atoms with Crippen LogP contribution in [0, 0.1) is 0 Å². The Hall–Kier alpha value is -1.39. The second-order valence-corrected chi connectivity index (χ2v) is 11.4. The Labute approximate surface area is 142 Å². The molecule has 0 aliphatic heterocycles. The summed E-state index contributed by atoms with van der Waals surface area (Å²) in [5.74, 6) is 0.